The van der Waals surface area contributed by atoms with Crippen LogP contribution in [0.2, 0.25) is 0 Å². The van der Waals surface area contributed by atoms with Crippen molar-refractivity contribution in [1.82, 2.24) is 4.72 Å². The van der Waals surface area contributed by atoms with Crippen LogP contribution in [0.1, 0.15) is 13.3 Å². The molecule has 0 radical (unpaired) electrons. The highest BCUT2D eigenvalue weighted by molar-refractivity contribution is 7.93. The van der Waals surface area contributed by atoms with Gasteiger partial charge in [0, 0.05) is 0 Å². The fraction of sp³-hybridized carbons (Fsp3) is 0.833. The van der Waals surface area contributed by atoms with Gasteiger partial charge in [0.25, 0.3) is 0 Å². The molecule has 3 N–H and O–H groups in total. The Morgan fingerprint density at radius 1 is 1.53 bits per heavy atom. The molecular weight excluding hydrogens is 253 g/mol. The summed E-state index contributed by atoms with van der Waals surface area (Å²) in [5, 5.41) is -1.27. The van der Waals surface area contributed by atoms with E-state index >= 15 is 0 Å². The van der Waals surface area contributed by atoms with Crippen LogP contribution in [0.15, 0.2) is 0 Å². The van der Waals surface area contributed by atoms with Crippen LogP contribution < -0.4 is 10.5 Å². The number of halogens is 3. The van der Waals surface area contributed by atoms with Crippen molar-refractivity contribution in [3.8, 4) is 0 Å². The van der Waals surface area contributed by atoms with Crippen LogP contribution >= 0.6 is 12.2 Å². The van der Waals surface area contributed by atoms with E-state index in [1.807, 2.05) is 0 Å². The minimum Gasteiger partial charge on any atom is -0.392 e. The normalized spacial score (nSPS) is 14.9. The number of thiocarbonyl (C=S) groups is 1. The van der Waals surface area contributed by atoms with E-state index in [1.54, 1.807) is 0 Å². The molecule has 0 saturated carbocycles. The van der Waals surface area contributed by atoms with Crippen LogP contribution in [0, 0.1) is 0 Å². The minimum absolute atomic E-state index is 0.0303. The summed E-state index contributed by atoms with van der Waals surface area (Å²) in [5.41, 5.74) is 5.10. The Morgan fingerprint density at radius 3 is 2.27 bits per heavy atom. The second-order valence-electron chi connectivity index (χ2n) is 2.78. The zero-order chi connectivity index (χ0) is 12.3. The van der Waals surface area contributed by atoms with Gasteiger partial charge in [0.05, 0.1) is 4.99 Å². The van der Waals surface area contributed by atoms with Crippen molar-refractivity contribution in [2.75, 3.05) is 6.54 Å². The van der Waals surface area contributed by atoms with Gasteiger partial charge in [-0.05, 0) is 6.42 Å². The molecule has 15 heavy (non-hydrogen) atoms. The first kappa shape index (κ1) is 14.6. The summed E-state index contributed by atoms with van der Waals surface area (Å²) in [4.78, 5) is -0.341. The van der Waals surface area contributed by atoms with Gasteiger partial charge in [-0.25, -0.2) is 13.1 Å². The second kappa shape index (κ2) is 5.08. The maximum Gasteiger partial charge on any atom is 0.402 e. The molecule has 0 aromatic heterocycles. The van der Waals surface area contributed by atoms with Crippen LogP contribution in [0.4, 0.5) is 13.2 Å². The third kappa shape index (κ3) is 5.28. The highest BCUT2D eigenvalue weighted by Crippen LogP contribution is 2.14. The molecular formula is C6H11F3N2O2S2. The van der Waals surface area contributed by atoms with Crippen molar-refractivity contribution in [2.24, 2.45) is 5.73 Å². The lowest BCUT2D eigenvalue weighted by Gasteiger charge is -2.15. The number of nitrogens with two attached hydrogens (primary N) is 1. The van der Waals surface area contributed by atoms with Gasteiger partial charge in [-0.2, -0.15) is 13.2 Å². The van der Waals surface area contributed by atoms with Crippen LogP contribution in [0.3, 0.4) is 0 Å². The molecule has 0 saturated heterocycles. The number of sulfonamides is 1. The largest absolute Gasteiger partial charge is 0.402 e. The molecule has 0 fully saturated rings. The van der Waals surface area contributed by atoms with Gasteiger partial charge in [-0.15, -0.1) is 0 Å². The van der Waals surface area contributed by atoms with Crippen LogP contribution in [-0.4, -0.2) is 31.4 Å². The first-order valence-electron chi connectivity index (χ1n) is 3.94. The van der Waals surface area contributed by atoms with E-state index in [4.69, 9.17) is 5.73 Å². The fourth-order valence-electron chi connectivity index (χ4n) is 0.857. The topological polar surface area (TPSA) is 72.2 Å². The average Bonchev–Trinajstić information content (AvgIpc) is 1.99. The average molecular weight is 264 g/mol. The molecule has 1 atom stereocenters. The van der Waals surface area contributed by atoms with Crippen molar-refractivity contribution in [3.05, 3.63) is 0 Å². The predicted molar refractivity (Wildman–Crippen MR) is 53.8 cm³/mol. The number of hydrogen-bond donors (Lipinski definition) is 2. The van der Waals surface area contributed by atoms with E-state index < -0.39 is 28.0 Å². The van der Waals surface area contributed by atoms with Crippen LogP contribution in [0.25, 0.3) is 0 Å². The smallest absolute Gasteiger partial charge is 0.392 e. The summed E-state index contributed by atoms with van der Waals surface area (Å²) in [5.74, 6) is 0. The lowest BCUT2D eigenvalue weighted by Crippen LogP contribution is -2.44. The van der Waals surface area contributed by atoms with Gasteiger partial charge in [-0.1, -0.05) is 19.1 Å². The SMILES string of the molecule is CCC(C(N)=S)S(=O)(=O)NCC(F)(F)F. The summed E-state index contributed by atoms with van der Waals surface area (Å²) < 4.78 is 59.2. The first-order chi connectivity index (χ1) is 6.60. The standard InChI is InChI=1S/C6H11F3N2O2S2/c1-2-4(5(10)14)15(12,13)11-3-6(7,8)9/h4,11H,2-3H2,1H3,(H2,10,14). The summed E-state index contributed by atoms with van der Waals surface area (Å²) in [6.45, 7) is -0.148. The third-order valence-corrected chi connectivity index (χ3v) is 3.85. The molecule has 0 heterocycles. The molecule has 0 amide bonds. The molecule has 0 aliphatic rings. The number of rotatable bonds is 5. The second-order valence-corrected chi connectivity index (χ2v) is 5.20. The van der Waals surface area contributed by atoms with E-state index in [-0.39, 0.29) is 11.4 Å². The summed E-state index contributed by atoms with van der Waals surface area (Å²) in [6, 6.07) is 0. The molecule has 0 aliphatic carbocycles. The van der Waals surface area contributed by atoms with Crippen molar-refractivity contribution in [2.45, 2.75) is 24.8 Å². The summed E-state index contributed by atoms with van der Waals surface area (Å²) in [7, 11) is -4.14. The maximum absolute atomic E-state index is 11.8. The van der Waals surface area contributed by atoms with Gasteiger partial charge in [0.2, 0.25) is 10.0 Å². The first-order valence-corrected chi connectivity index (χ1v) is 5.90. The lowest BCUT2D eigenvalue weighted by molar-refractivity contribution is -0.121. The number of hydrogen-bond acceptors (Lipinski definition) is 3. The zero-order valence-electron chi connectivity index (χ0n) is 7.84. The minimum atomic E-state index is -4.60. The molecule has 90 valence electrons. The molecule has 9 heteroatoms. The summed E-state index contributed by atoms with van der Waals surface area (Å²) in [6.07, 6.45) is -4.57. The Morgan fingerprint density at radius 2 is 2.00 bits per heavy atom. The summed E-state index contributed by atoms with van der Waals surface area (Å²) >= 11 is 4.45. The molecule has 0 aromatic carbocycles. The predicted octanol–water partition coefficient (Wildman–Crippen LogP) is 0.533. The monoisotopic (exact) mass is 264 g/mol. The van der Waals surface area contributed by atoms with E-state index in [0.717, 1.165) is 0 Å². The molecule has 0 aliphatic heterocycles. The molecule has 0 rings (SSSR count). The van der Waals surface area contributed by atoms with Gasteiger partial charge < -0.3 is 5.73 Å². The molecule has 0 spiro atoms. The van der Waals surface area contributed by atoms with Gasteiger partial charge in [0.1, 0.15) is 11.8 Å². The number of nitrogens with one attached hydrogen (secondary N) is 1. The van der Waals surface area contributed by atoms with Crippen molar-refractivity contribution in [3.63, 3.8) is 0 Å². The molecule has 0 bridgehead atoms. The Hall–Kier alpha value is -0.410. The van der Waals surface area contributed by atoms with E-state index in [1.165, 1.54) is 11.6 Å². The Kier molecular flexibility index (Phi) is 4.94. The Balaban J connectivity index is 4.62. The molecule has 4 nitrogen and oxygen atoms in total. The van der Waals surface area contributed by atoms with E-state index in [9.17, 15) is 21.6 Å². The van der Waals surface area contributed by atoms with Crippen molar-refractivity contribution < 1.29 is 21.6 Å². The van der Waals surface area contributed by atoms with E-state index in [0.29, 0.717) is 0 Å². The van der Waals surface area contributed by atoms with Crippen molar-refractivity contribution >= 4 is 27.2 Å². The third-order valence-electron chi connectivity index (χ3n) is 1.54. The zero-order valence-corrected chi connectivity index (χ0v) is 9.47. The fourth-order valence-corrected chi connectivity index (χ4v) is 2.71. The maximum atomic E-state index is 11.8. The molecule has 1 unspecified atom stereocenters. The quantitative estimate of drug-likeness (QED) is 0.711. The van der Waals surface area contributed by atoms with Gasteiger partial charge in [0.15, 0.2) is 0 Å². The van der Waals surface area contributed by atoms with Gasteiger partial charge in [-0.3, -0.25) is 0 Å². The number of alkyl halides is 3. The molecule has 0 aromatic rings. The van der Waals surface area contributed by atoms with Gasteiger partial charge >= 0.3 is 6.18 Å². The highest BCUT2D eigenvalue weighted by atomic mass is 32.2. The highest BCUT2D eigenvalue weighted by Gasteiger charge is 2.33. The lowest BCUT2D eigenvalue weighted by atomic mass is 10.3. The van der Waals surface area contributed by atoms with Crippen LogP contribution in [0.5, 0.6) is 0 Å². The van der Waals surface area contributed by atoms with Crippen molar-refractivity contribution in [1.29, 1.82) is 0 Å². The van der Waals surface area contributed by atoms with Crippen LogP contribution in [-0.2, 0) is 10.0 Å². The Labute approximate surface area is 91.1 Å². The van der Waals surface area contributed by atoms with E-state index in [2.05, 4.69) is 12.2 Å². The Bertz CT molecular complexity index is 326.